The zero-order valence-corrected chi connectivity index (χ0v) is 41.6. The molecule has 32 nitrogen and oxygen atoms in total. The molecular weight excluding hydrogens is 1030 g/mol. The predicted molar refractivity (Wildman–Crippen MR) is 252 cm³/mol. The van der Waals surface area contributed by atoms with Crippen molar-refractivity contribution in [3.05, 3.63) is 114 Å². The van der Waals surface area contributed by atoms with Gasteiger partial charge in [0.15, 0.2) is 49.2 Å². The van der Waals surface area contributed by atoms with Crippen LogP contribution in [0.4, 0.5) is 0 Å². The van der Waals surface area contributed by atoms with Crippen LogP contribution in [0.25, 0.3) is 41.8 Å². The quantitative estimate of drug-likeness (QED) is 0.0535. The van der Waals surface area contributed by atoms with Crippen molar-refractivity contribution < 1.29 is 90.5 Å². The summed E-state index contributed by atoms with van der Waals surface area (Å²) in [5.41, 5.74) is 38.3. The molecule has 5 rings (SSSR count). The maximum atomic E-state index is 14.1. The van der Waals surface area contributed by atoms with E-state index in [1.165, 1.54) is 48.5 Å². The van der Waals surface area contributed by atoms with Crippen LogP contribution < -0.4 is 5.32 Å². The van der Waals surface area contributed by atoms with Gasteiger partial charge in [-0.3, -0.25) is 28.8 Å². The number of nitrogens with zero attached hydrogens (tertiary/aromatic N) is 12. The number of amides is 1. The Balaban J connectivity index is 1.73. The lowest BCUT2D eigenvalue weighted by Gasteiger charge is -2.49. The number of benzene rings is 2. The second kappa shape index (κ2) is 28.8. The number of carbonyl (C=O) groups is 8. The van der Waals surface area contributed by atoms with Gasteiger partial charge in [0.2, 0.25) is 0 Å². The number of rotatable bonds is 23. The summed E-state index contributed by atoms with van der Waals surface area (Å²) in [5.74, 6) is -7.87. The highest BCUT2D eigenvalue weighted by Crippen LogP contribution is 2.39. The van der Waals surface area contributed by atoms with Crippen LogP contribution in [0.5, 0.6) is 0 Å². The molecule has 77 heavy (non-hydrogen) atoms. The first-order valence-electron chi connectivity index (χ1n) is 23.3. The molecule has 0 aromatic heterocycles. The third kappa shape index (κ3) is 16.6. The summed E-state index contributed by atoms with van der Waals surface area (Å²) in [5, 5.41) is 17.2. The molecule has 2 aliphatic heterocycles. The van der Waals surface area contributed by atoms with Gasteiger partial charge in [0.05, 0.1) is 35.9 Å². The van der Waals surface area contributed by atoms with E-state index >= 15 is 0 Å². The van der Waals surface area contributed by atoms with Gasteiger partial charge in [-0.1, -0.05) is 56.9 Å². The minimum absolute atomic E-state index is 0.0162. The monoisotopic (exact) mass is 1080 g/mol. The van der Waals surface area contributed by atoms with Gasteiger partial charge >= 0.3 is 41.8 Å². The van der Waals surface area contributed by atoms with Gasteiger partial charge in [0.25, 0.3) is 5.91 Å². The molecule has 2 aromatic rings. The number of carbonyl (C=O) groups excluding carboxylic acids is 8. The van der Waals surface area contributed by atoms with Gasteiger partial charge in [0, 0.05) is 60.8 Å². The molecule has 1 N–H and O–H groups in total. The molecule has 0 spiro atoms. The molecule has 1 amide bonds. The molecule has 0 bridgehead atoms. The van der Waals surface area contributed by atoms with Crippen molar-refractivity contribution in [1.82, 2.24) is 5.32 Å². The van der Waals surface area contributed by atoms with Crippen LogP contribution in [0, 0.1) is 0 Å². The Morgan fingerprint density at radius 3 is 1.66 bits per heavy atom. The maximum Gasteiger partial charge on any atom is 0.338 e. The molecule has 5 unspecified atom stereocenters. The second-order valence-corrected chi connectivity index (χ2v) is 16.9. The first-order chi connectivity index (χ1) is 36.9. The van der Waals surface area contributed by atoms with E-state index in [2.05, 4.69) is 45.4 Å². The van der Waals surface area contributed by atoms with Gasteiger partial charge in [0.1, 0.15) is 31.0 Å². The highest BCUT2D eigenvalue weighted by Gasteiger charge is 2.58. The van der Waals surface area contributed by atoms with Crippen molar-refractivity contribution in [1.29, 1.82) is 0 Å². The zero-order chi connectivity index (χ0) is 56.2. The van der Waals surface area contributed by atoms with Crippen LogP contribution in [-0.2, 0) is 80.9 Å². The summed E-state index contributed by atoms with van der Waals surface area (Å²) in [6.45, 7) is 3.28. The number of hydrogen-bond donors (Lipinski definition) is 1. The molecule has 15 atom stereocenters. The molecule has 3 aliphatic rings. The van der Waals surface area contributed by atoms with Gasteiger partial charge in [-0.2, -0.15) is 0 Å². The summed E-state index contributed by atoms with van der Waals surface area (Å²) >= 11 is 0. The molecule has 1 saturated carbocycles. The average molecular weight is 1080 g/mol. The Morgan fingerprint density at radius 2 is 1.12 bits per heavy atom. The van der Waals surface area contributed by atoms with Crippen molar-refractivity contribution >= 4 is 47.7 Å². The summed E-state index contributed by atoms with van der Waals surface area (Å²) in [4.78, 5) is 116. The van der Waals surface area contributed by atoms with Gasteiger partial charge in [-0.25, -0.2) is 9.59 Å². The summed E-state index contributed by atoms with van der Waals surface area (Å²) in [7, 11) is 0. The van der Waals surface area contributed by atoms with Crippen LogP contribution in [0.1, 0.15) is 68.2 Å². The van der Waals surface area contributed by atoms with Crippen LogP contribution in [0.3, 0.4) is 0 Å². The van der Waals surface area contributed by atoms with Gasteiger partial charge in [-0.15, -0.1) is 0 Å². The van der Waals surface area contributed by atoms with E-state index in [-0.39, 0.29) is 24.1 Å². The van der Waals surface area contributed by atoms with Crippen molar-refractivity contribution in [2.24, 2.45) is 20.5 Å². The normalized spacial score (nSPS) is 27.5. The Labute approximate surface area is 435 Å². The minimum atomic E-state index is -2.03. The molecule has 2 saturated heterocycles. The lowest BCUT2D eigenvalue weighted by atomic mass is 9.83. The Morgan fingerprint density at radius 1 is 0.584 bits per heavy atom. The fourth-order valence-corrected chi connectivity index (χ4v) is 8.44. The largest absolute Gasteiger partial charge is 0.463 e. The molecular formula is C45H51N13O19. The highest BCUT2D eigenvalue weighted by atomic mass is 16.8. The van der Waals surface area contributed by atoms with Crippen LogP contribution in [-0.4, -0.2) is 159 Å². The van der Waals surface area contributed by atoms with Crippen molar-refractivity contribution in [3.63, 3.8) is 0 Å². The fourth-order valence-electron chi connectivity index (χ4n) is 8.44. The van der Waals surface area contributed by atoms with E-state index < -0.39 is 159 Å². The Bertz CT molecular complexity index is 2670. The molecule has 2 heterocycles. The lowest BCUT2D eigenvalue weighted by Crippen LogP contribution is -2.67. The summed E-state index contributed by atoms with van der Waals surface area (Å²) in [6, 6.07) is 9.88. The molecule has 3 fully saturated rings. The topological polar surface area (TPSA) is 445 Å². The van der Waals surface area contributed by atoms with Crippen LogP contribution >= 0.6 is 0 Å². The SMILES string of the molecule is CC(=O)OCC1O[C@H](O[C@@H]2C(N=[N+]=[N-])C[C@@H](NC(=O)[C@H](CCN=[N+]=[N-])OC(C)=O)C(OC(C)=O)[C@H]2O[C@@H]2O[C@H](CN=[N+]=[N-])[C@@H](OC(=O)c3ccccc3)C2OC(=O)c2ccccc2)C(N=[N+]=[N-])[C@@H](OC(C)=O)[C@@H]1OC(C)=O. The minimum Gasteiger partial charge on any atom is -0.463 e. The smallest absolute Gasteiger partial charge is 0.338 e. The van der Waals surface area contributed by atoms with E-state index in [9.17, 15) is 54.9 Å². The first kappa shape index (κ1) is 59.2. The predicted octanol–water partition coefficient (Wildman–Crippen LogP) is 4.20. The summed E-state index contributed by atoms with van der Waals surface area (Å²) in [6.07, 6.45) is -22.5. The molecule has 1 aliphatic carbocycles. The van der Waals surface area contributed by atoms with Crippen LogP contribution in [0.15, 0.2) is 81.1 Å². The van der Waals surface area contributed by atoms with E-state index in [0.717, 1.165) is 34.6 Å². The molecule has 410 valence electrons. The number of ether oxygens (including phenoxy) is 11. The zero-order valence-electron chi connectivity index (χ0n) is 41.6. The number of nitrogens with one attached hydrogen (secondary N) is 1. The molecule has 32 heteroatoms. The van der Waals surface area contributed by atoms with E-state index in [4.69, 9.17) is 57.6 Å². The molecule has 2 aromatic carbocycles. The number of esters is 7. The first-order valence-corrected chi connectivity index (χ1v) is 23.3. The van der Waals surface area contributed by atoms with Crippen molar-refractivity contribution in [2.45, 2.75) is 139 Å². The van der Waals surface area contributed by atoms with Gasteiger partial charge < -0.3 is 57.4 Å². The van der Waals surface area contributed by atoms with E-state index in [1.54, 1.807) is 12.1 Å². The lowest BCUT2D eigenvalue weighted by molar-refractivity contribution is -0.313. The molecule has 0 radical (unpaired) electrons. The third-order valence-electron chi connectivity index (χ3n) is 11.4. The van der Waals surface area contributed by atoms with E-state index in [0.29, 0.717) is 0 Å². The average Bonchev–Trinajstić information content (AvgIpc) is 3.72. The summed E-state index contributed by atoms with van der Waals surface area (Å²) < 4.78 is 64.9. The van der Waals surface area contributed by atoms with E-state index in [1.807, 2.05) is 0 Å². The van der Waals surface area contributed by atoms with Gasteiger partial charge in [-0.05, 0) is 59.2 Å². The third-order valence-corrected chi connectivity index (χ3v) is 11.4. The van der Waals surface area contributed by atoms with Crippen LogP contribution in [0.2, 0.25) is 0 Å². The maximum absolute atomic E-state index is 14.1. The number of hydrogen-bond acceptors (Lipinski definition) is 23. The van der Waals surface area contributed by atoms with Crippen molar-refractivity contribution in [2.75, 3.05) is 19.7 Å². The highest BCUT2D eigenvalue weighted by molar-refractivity contribution is 5.90. The standard InChI is InChI=1S/C45H51N13O19/c1-21(59)67-20-32-37(70-24(4)62)38(71-25(5)63)33(54-58-49)44(73-32)76-35-29(53-57-48)18-28(52-41(64)30(68-22(2)60)16-17-50-55-46)34(69-23(3)61)39(35)77-45-40(75-43(66)27-14-10-7-11-15-27)36(31(72-45)19-51-56-47)74-42(65)26-12-8-6-9-13-26/h6-15,28-40,44-45H,16-20H2,1-5H3,(H,52,64)/t28-,29?,30+,31-,32?,33?,34?,35-,36-,37-,38-,39-,40?,44-,45+/m1/s1. The fraction of sp³-hybridized carbons (Fsp3) is 0.556. The number of azide groups is 4. The van der Waals surface area contributed by atoms with Crippen molar-refractivity contribution in [3.8, 4) is 0 Å². The Hall–Kier alpha value is -8.72. The second-order valence-electron chi connectivity index (χ2n) is 16.9. The Kier molecular flexibility index (Phi) is 22.1.